The molecule has 0 bridgehead atoms. The lowest BCUT2D eigenvalue weighted by atomic mass is 9.96. The van der Waals surface area contributed by atoms with Crippen LogP contribution in [0.1, 0.15) is 6.92 Å². The zero-order valence-corrected chi connectivity index (χ0v) is 8.43. The normalized spacial score (nSPS) is 38.1. The largest absolute Gasteiger partial charge is 0.394 e. The van der Waals surface area contributed by atoms with E-state index in [0.29, 0.717) is 0 Å². The van der Waals surface area contributed by atoms with E-state index < -0.39 is 43.0 Å². The Bertz CT molecular complexity index is 275. The van der Waals surface area contributed by atoms with Crippen LogP contribution in [0.25, 0.3) is 0 Å². The van der Waals surface area contributed by atoms with Crippen molar-refractivity contribution in [3.8, 4) is 0 Å². The number of carbonyl (C=O) groups excluding carboxylic acids is 1. The van der Waals surface area contributed by atoms with Crippen LogP contribution in [0.2, 0.25) is 0 Å². The quantitative estimate of drug-likeness (QED) is 0.457. The van der Waals surface area contributed by atoms with Crippen molar-refractivity contribution in [2.24, 2.45) is 0 Å². The topological polar surface area (TPSA) is 99.0 Å². The minimum absolute atomic E-state index is 0.790. The number of aliphatic hydroxyl groups excluding tert-OH is 3. The number of hydrogen-bond donors (Lipinski definition) is 4. The molecule has 1 saturated heterocycles. The molecule has 1 heterocycles. The standard InChI is InChI=1S/C8H13F2NO5/c1-3(13)11-5-7(15)16-4(2-12)6(14)8(5,9)10/h4-7,12,14-15H,2H2,1H3,(H,11,13)/t4-,5-,6+,7?/m1/s1. The van der Waals surface area contributed by atoms with Gasteiger partial charge < -0.3 is 25.4 Å². The highest BCUT2D eigenvalue weighted by Crippen LogP contribution is 2.33. The molecule has 1 fully saturated rings. The second kappa shape index (κ2) is 4.58. The highest BCUT2D eigenvalue weighted by Gasteiger charge is 2.58. The van der Waals surface area contributed by atoms with E-state index in [2.05, 4.69) is 4.74 Å². The Kier molecular flexibility index (Phi) is 3.79. The molecule has 0 radical (unpaired) electrons. The van der Waals surface area contributed by atoms with Crippen LogP contribution in [-0.4, -0.2) is 58.3 Å². The molecule has 0 aromatic rings. The molecule has 0 saturated carbocycles. The van der Waals surface area contributed by atoms with E-state index in [1.54, 1.807) is 5.32 Å². The van der Waals surface area contributed by atoms with E-state index in [9.17, 15) is 23.8 Å². The van der Waals surface area contributed by atoms with E-state index in [1.165, 1.54) is 0 Å². The molecule has 1 rings (SSSR count). The molecular formula is C8H13F2NO5. The van der Waals surface area contributed by atoms with E-state index >= 15 is 0 Å². The van der Waals surface area contributed by atoms with Crippen LogP contribution < -0.4 is 5.32 Å². The average molecular weight is 241 g/mol. The highest BCUT2D eigenvalue weighted by molar-refractivity contribution is 5.73. The Hall–Kier alpha value is -0.830. The fraction of sp³-hybridized carbons (Fsp3) is 0.875. The molecule has 1 unspecified atom stereocenters. The fourth-order valence-corrected chi connectivity index (χ4v) is 1.48. The van der Waals surface area contributed by atoms with E-state index in [4.69, 9.17) is 5.11 Å². The van der Waals surface area contributed by atoms with Gasteiger partial charge >= 0.3 is 5.92 Å². The van der Waals surface area contributed by atoms with Gasteiger partial charge in [0.05, 0.1) is 6.61 Å². The van der Waals surface area contributed by atoms with Gasteiger partial charge in [0.15, 0.2) is 6.29 Å². The van der Waals surface area contributed by atoms with Gasteiger partial charge in [0, 0.05) is 6.92 Å². The number of alkyl halides is 2. The number of nitrogens with one attached hydrogen (secondary N) is 1. The predicted octanol–water partition coefficient (Wildman–Crippen LogP) is -1.80. The Balaban J connectivity index is 2.89. The van der Waals surface area contributed by atoms with Crippen molar-refractivity contribution in [1.29, 1.82) is 0 Å². The van der Waals surface area contributed by atoms with Gasteiger partial charge in [-0.1, -0.05) is 0 Å². The monoisotopic (exact) mass is 241 g/mol. The summed E-state index contributed by atoms with van der Waals surface area (Å²) in [5.41, 5.74) is 0. The van der Waals surface area contributed by atoms with E-state index in [0.717, 1.165) is 6.92 Å². The van der Waals surface area contributed by atoms with Crippen LogP contribution in [-0.2, 0) is 9.53 Å². The zero-order valence-electron chi connectivity index (χ0n) is 8.43. The lowest BCUT2D eigenvalue weighted by Crippen LogP contribution is -2.67. The molecule has 4 atom stereocenters. The summed E-state index contributed by atoms with van der Waals surface area (Å²) >= 11 is 0. The lowest BCUT2D eigenvalue weighted by molar-refractivity contribution is -0.301. The van der Waals surface area contributed by atoms with Crippen LogP contribution in [0.15, 0.2) is 0 Å². The number of ether oxygens (including phenoxy) is 1. The number of rotatable bonds is 2. The molecular weight excluding hydrogens is 228 g/mol. The maximum absolute atomic E-state index is 13.5. The first-order valence-electron chi connectivity index (χ1n) is 4.58. The third-order valence-corrected chi connectivity index (χ3v) is 2.30. The highest BCUT2D eigenvalue weighted by atomic mass is 19.3. The average Bonchev–Trinajstić information content (AvgIpc) is 2.18. The molecule has 1 aliphatic rings. The van der Waals surface area contributed by atoms with Gasteiger partial charge in [-0.25, -0.2) is 8.78 Å². The van der Waals surface area contributed by atoms with Gasteiger partial charge in [-0.3, -0.25) is 4.79 Å². The molecule has 1 aliphatic heterocycles. The summed E-state index contributed by atoms with van der Waals surface area (Å²) in [5, 5.41) is 28.9. The Morgan fingerprint density at radius 3 is 2.50 bits per heavy atom. The summed E-state index contributed by atoms with van der Waals surface area (Å²) in [4.78, 5) is 10.7. The van der Waals surface area contributed by atoms with Crippen LogP contribution in [0, 0.1) is 0 Å². The first kappa shape index (κ1) is 13.2. The fourth-order valence-electron chi connectivity index (χ4n) is 1.48. The van der Waals surface area contributed by atoms with Gasteiger partial charge in [0.25, 0.3) is 0 Å². The molecule has 16 heavy (non-hydrogen) atoms. The Morgan fingerprint density at radius 1 is 1.50 bits per heavy atom. The van der Waals surface area contributed by atoms with E-state index in [1.807, 2.05) is 0 Å². The van der Waals surface area contributed by atoms with Crippen molar-refractivity contribution in [1.82, 2.24) is 5.32 Å². The van der Waals surface area contributed by atoms with Crippen molar-refractivity contribution < 1.29 is 33.6 Å². The molecule has 0 spiro atoms. The Morgan fingerprint density at radius 2 is 2.06 bits per heavy atom. The summed E-state index contributed by atoms with van der Waals surface area (Å²) in [5.74, 6) is -4.57. The molecule has 6 nitrogen and oxygen atoms in total. The van der Waals surface area contributed by atoms with Crippen LogP contribution in [0.5, 0.6) is 0 Å². The molecule has 1 amide bonds. The maximum Gasteiger partial charge on any atom is 0.300 e. The summed E-state index contributed by atoms with van der Waals surface area (Å²) in [6.45, 7) is 0.133. The number of halogens is 2. The summed E-state index contributed by atoms with van der Waals surface area (Å²) in [6.07, 6.45) is -5.87. The lowest BCUT2D eigenvalue weighted by Gasteiger charge is -2.42. The third kappa shape index (κ3) is 2.29. The van der Waals surface area contributed by atoms with Crippen molar-refractivity contribution in [3.05, 3.63) is 0 Å². The first-order valence-corrected chi connectivity index (χ1v) is 4.58. The molecule has 94 valence electrons. The van der Waals surface area contributed by atoms with Crippen LogP contribution >= 0.6 is 0 Å². The number of aliphatic hydroxyl groups is 3. The third-order valence-electron chi connectivity index (χ3n) is 2.30. The van der Waals surface area contributed by atoms with Crippen molar-refractivity contribution in [3.63, 3.8) is 0 Å². The molecule has 0 aliphatic carbocycles. The summed E-state index contributed by atoms with van der Waals surface area (Å²) < 4.78 is 31.5. The molecule has 8 heteroatoms. The molecule has 4 N–H and O–H groups in total. The minimum atomic E-state index is -3.78. The predicted molar refractivity (Wildman–Crippen MR) is 46.5 cm³/mol. The maximum atomic E-state index is 13.5. The number of hydrogen-bond acceptors (Lipinski definition) is 5. The van der Waals surface area contributed by atoms with Gasteiger partial charge in [-0.05, 0) is 0 Å². The van der Waals surface area contributed by atoms with Crippen molar-refractivity contribution in [2.75, 3.05) is 6.61 Å². The smallest absolute Gasteiger partial charge is 0.300 e. The van der Waals surface area contributed by atoms with Gasteiger partial charge in [0.1, 0.15) is 18.2 Å². The molecule has 0 aromatic heterocycles. The van der Waals surface area contributed by atoms with Gasteiger partial charge in [0.2, 0.25) is 5.91 Å². The minimum Gasteiger partial charge on any atom is -0.394 e. The molecule has 0 aromatic carbocycles. The number of carbonyl (C=O) groups is 1. The number of amides is 1. The van der Waals surface area contributed by atoms with E-state index in [-0.39, 0.29) is 0 Å². The first-order chi connectivity index (χ1) is 7.30. The Labute approximate surface area is 89.8 Å². The summed E-state index contributed by atoms with van der Waals surface area (Å²) in [6, 6.07) is -2.04. The van der Waals surface area contributed by atoms with Crippen LogP contribution in [0.4, 0.5) is 8.78 Å². The van der Waals surface area contributed by atoms with Crippen molar-refractivity contribution >= 4 is 5.91 Å². The zero-order chi connectivity index (χ0) is 12.5. The SMILES string of the molecule is CC(=O)N[C@@H]1C(O)O[C@H](CO)[C@H](O)C1(F)F. The van der Waals surface area contributed by atoms with Gasteiger partial charge in [-0.2, -0.15) is 0 Å². The second-order valence-corrected chi connectivity index (χ2v) is 3.55. The second-order valence-electron chi connectivity index (χ2n) is 3.55. The summed E-state index contributed by atoms with van der Waals surface area (Å²) in [7, 11) is 0. The van der Waals surface area contributed by atoms with Crippen molar-refractivity contribution in [2.45, 2.75) is 37.4 Å². The van der Waals surface area contributed by atoms with Gasteiger partial charge in [-0.15, -0.1) is 0 Å². The van der Waals surface area contributed by atoms with Crippen LogP contribution in [0.3, 0.4) is 0 Å².